The predicted molar refractivity (Wildman–Crippen MR) is 81.0 cm³/mol. The van der Waals surface area contributed by atoms with Crippen molar-refractivity contribution in [1.29, 1.82) is 0 Å². The molecule has 2 aliphatic rings. The molecule has 0 bridgehead atoms. The largest absolute Gasteiger partial charge is 0.473 e. The number of rotatable bonds is 4. The molecule has 1 aromatic heterocycles. The molecule has 0 spiro atoms. The summed E-state index contributed by atoms with van der Waals surface area (Å²) in [6.07, 6.45) is 5.20. The van der Waals surface area contributed by atoms with Gasteiger partial charge in [-0.2, -0.15) is 0 Å². The van der Waals surface area contributed by atoms with Crippen LogP contribution in [0, 0.1) is 0 Å². The van der Waals surface area contributed by atoms with Crippen molar-refractivity contribution in [3.63, 3.8) is 0 Å². The summed E-state index contributed by atoms with van der Waals surface area (Å²) in [4.78, 5) is 22.0. The SMILES string of the molecule is O=C1NC2=Nc3ccc(OCn4ccnc4)cc3CN2C1CO. The first-order valence-corrected chi connectivity index (χ1v) is 7.23. The summed E-state index contributed by atoms with van der Waals surface area (Å²) in [5, 5.41) is 12.1. The van der Waals surface area contributed by atoms with Crippen molar-refractivity contribution < 1.29 is 14.6 Å². The smallest absolute Gasteiger partial charge is 0.251 e. The third-order valence-electron chi connectivity index (χ3n) is 3.92. The molecule has 2 N–H and O–H groups in total. The van der Waals surface area contributed by atoms with Gasteiger partial charge >= 0.3 is 0 Å². The zero-order chi connectivity index (χ0) is 15.8. The zero-order valence-electron chi connectivity index (χ0n) is 12.2. The van der Waals surface area contributed by atoms with E-state index in [1.54, 1.807) is 17.4 Å². The number of ether oxygens (including phenoxy) is 1. The Kier molecular flexibility index (Phi) is 3.23. The minimum Gasteiger partial charge on any atom is -0.473 e. The number of aliphatic hydroxyl groups is 1. The van der Waals surface area contributed by atoms with E-state index < -0.39 is 6.04 Å². The van der Waals surface area contributed by atoms with Gasteiger partial charge < -0.3 is 19.3 Å². The first-order chi connectivity index (χ1) is 11.2. The van der Waals surface area contributed by atoms with Gasteiger partial charge in [-0.1, -0.05) is 0 Å². The van der Waals surface area contributed by atoms with E-state index in [1.165, 1.54) is 0 Å². The number of hydrogen-bond donors (Lipinski definition) is 2. The normalized spacial score (nSPS) is 19.0. The van der Waals surface area contributed by atoms with Crippen LogP contribution in [0.4, 0.5) is 5.69 Å². The van der Waals surface area contributed by atoms with E-state index in [2.05, 4.69) is 15.3 Å². The number of fused-ring (bicyclic) bond motifs is 2. The zero-order valence-corrected chi connectivity index (χ0v) is 12.2. The maximum atomic E-state index is 11.8. The van der Waals surface area contributed by atoms with Gasteiger partial charge in [0.1, 0.15) is 11.8 Å². The molecule has 0 aliphatic carbocycles. The van der Waals surface area contributed by atoms with Crippen molar-refractivity contribution in [3.05, 3.63) is 42.5 Å². The van der Waals surface area contributed by atoms with Crippen LogP contribution in [0.1, 0.15) is 5.56 Å². The quantitative estimate of drug-likeness (QED) is 0.842. The monoisotopic (exact) mass is 313 g/mol. The van der Waals surface area contributed by atoms with Crippen LogP contribution >= 0.6 is 0 Å². The van der Waals surface area contributed by atoms with E-state index in [4.69, 9.17) is 4.74 Å². The molecule has 1 aromatic carbocycles. The molecule has 3 heterocycles. The lowest BCUT2D eigenvalue weighted by molar-refractivity contribution is -0.122. The molecule has 1 saturated heterocycles. The third-order valence-corrected chi connectivity index (χ3v) is 3.92. The number of aromatic nitrogens is 2. The fourth-order valence-electron chi connectivity index (χ4n) is 2.71. The van der Waals surface area contributed by atoms with Crippen molar-refractivity contribution in [3.8, 4) is 5.75 Å². The van der Waals surface area contributed by atoms with Gasteiger partial charge in [-0.05, 0) is 18.2 Å². The number of carbonyl (C=O) groups excluding carboxylic acids is 1. The Hall–Kier alpha value is -2.87. The maximum Gasteiger partial charge on any atom is 0.251 e. The van der Waals surface area contributed by atoms with Crippen LogP contribution in [-0.2, 0) is 18.1 Å². The van der Waals surface area contributed by atoms with Crippen molar-refractivity contribution in [2.75, 3.05) is 6.61 Å². The highest BCUT2D eigenvalue weighted by atomic mass is 16.5. The lowest BCUT2D eigenvalue weighted by Crippen LogP contribution is -2.39. The van der Waals surface area contributed by atoms with Crippen LogP contribution < -0.4 is 10.1 Å². The second-order valence-corrected chi connectivity index (χ2v) is 5.39. The number of carbonyl (C=O) groups is 1. The Morgan fingerprint density at radius 2 is 2.35 bits per heavy atom. The van der Waals surface area contributed by atoms with Crippen molar-refractivity contribution in [1.82, 2.24) is 19.8 Å². The summed E-state index contributed by atoms with van der Waals surface area (Å²) in [6, 6.07) is 5.03. The summed E-state index contributed by atoms with van der Waals surface area (Å²) in [7, 11) is 0. The van der Waals surface area contributed by atoms with Gasteiger partial charge in [0.05, 0.1) is 18.6 Å². The molecular formula is C15H15N5O3. The lowest BCUT2D eigenvalue weighted by Gasteiger charge is -2.27. The molecule has 4 rings (SSSR count). The first-order valence-electron chi connectivity index (χ1n) is 7.23. The van der Waals surface area contributed by atoms with E-state index >= 15 is 0 Å². The molecule has 1 amide bonds. The molecule has 1 atom stereocenters. The highest BCUT2D eigenvalue weighted by molar-refractivity contribution is 6.07. The second-order valence-electron chi connectivity index (χ2n) is 5.39. The molecule has 8 nitrogen and oxygen atoms in total. The summed E-state index contributed by atoms with van der Waals surface area (Å²) >= 11 is 0. The second kappa shape index (κ2) is 5.40. The maximum absolute atomic E-state index is 11.8. The van der Waals surface area contributed by atoms with E-state index in [-0.39, 0.29) is 12.5 Å². The van der Waals surface area contributed by atoms with E-state index in [9.17, 15) is 9.90 Å². The number of nitrogens with one attached hydrogen (secondary N) is 1. The number of benzene rings is 1. The standard InChI is InChI=1S/C15H15N5O3/c21-7-13-14(22)18-15-17-12-2-1-11(5-10(12)6-20(13)15)23-9-19-4-3-16-8-19/h1-5,8,13,21H,6-7,9H2,(H,17,18,22). The van der Waals surface area contributed by atoms with Crippen LogP contribution in [0.15, 0.2) is 41.9 Å². The molecular weight excluding hydrogens is 298 g/mol. The first kappa shape index (κ1) is 13.8. The Morgan fingerprint density at radius 1 is 1.43 bits per heavy atom. The number of aliphatic hydroxyl groups excluding tert-OH is 1. The molecule has 1 unspecified atom stereocenters. The molecule has 8 heteroatoms. The Balaban J connectivity index is 1.55. The van der Waals surface area contributed by atoms with Gasteiger partial charge in [-0.15, -0.1) is 0 Å². The number of amides is 1. The molecule has 0 radical (unpaired) electrons. The molecule has 2 aromatic rings. The average Bonchev–Trinajstić information content (AvgIpc) is 3.17. The van der Waals surface area contributed by atoms with Gasteiger partial charge in [-0.25, -0.2) is 9.98 Å². The van der Waals surface area contributed by atoms with Crippen LogP contribution in [-0.4, -0.2) is 44.1 Å². The molecule has 118 valence electrons. The number of nitrogens with zero attached hydrogens (tertiary/aromatic N) is 4. The highest BCUT2D eigenvalue weighted by Gasteiger charge is 2.38. The number of imidazole rings is 1. The summed E-state index contributed by atoms with van der Waals surface area (Å²) in [5.74, 6) is 0.986. The minimum atomic E-state index is -0.586. The molecule has 2 aliphatic heterocycles. The summed E-state index contributed by atoms with van der Waals surface area (Å²) in [6.45, 7) is 0.633. The number of aliphatic imine (C=N–C) groups is 1. The van der Waals surface area contributed by atoms with E-state index in [0.717, 1.165) is 17.0 Å². The van der Waals surface area contributed by atoms with Gasteiger partial charge in [-0.3, -0.25) is 10.1 Å². The van der Waals surface area contributed by atoms with Crippen molar-refractivity contribution >= 4 is 17.6 Å². The Labute approximate surface area is 132 Å². The molecule has 23 heavy (non-hydrogen) atoms. The van der Waals surface area contributed by atoms with Gasteiger partial charge in [0.2, 0.25) is 5.96 Å². The van der Waals surface area contributed by atoms with Gasteiger partial charge in [0, 0.05) is 24.5 Å². The average molecular weight is 313 g/mol. The Morgan fingerprint density at radius 3 is 3.13 bits per heavy atom. The number of guanidine groups is 1. The van der Waals surface area contributed by atoms with E-state index in [1.807, 2.05) is 29.0 Å². The molecule has 1 fully saturated rings. The summed E-state index contributed by atoms with van der Waals surface area (Å²) in [5.41, 5.74) is 1.75. The van der Waals surface area contributed by atoms with Crippen LogP contribution in [0.25, 0.3) is 0 Å². The van der Waals surface area contributed by atoms with Crippen molar-refractivity contribution in [2.24, 2.45) is 4.99 Å². The van der Waals surface area contributed by atoms with Crippen molar-refractivity contribution in [2.45, 2.75) is 19.3 Å². The van der Waals surface area contributed by atoms with Gasteiger partial charge in [0.15, 0.2) is 6.73 Å². The van der Waals surface area contributed by atoms with Gasteiger partial charge in [0.25, 0.3) is 5.91 Å². The lowest BCUT2D eigenvalue weighted by atomic mass is 10.1. The van der Waals surface area contributed by atoms with Crippen LogP contribution in [0.5, 0.6) is 5.75 Å². The number of hydrogen-bond acceptors (Lipinski definition) is 6. The minimum absolute atomic E-state index is 0.226. The third kappa shape index (κ3) is 2.42. The topological polar surface area (TPSA) is 92.0 Å². The Bertz CT molecular complexity index is 771. The molecule has 0 saturated carbocycles. The highest BCUT2D eigenvalue weighted by Crippen LogP contribution is 2.31. The van der Waals surface area contributed by atoms with Crippen LogP contribution in [0.2, 0.25) is 0 Å². The predicted octanol–water partition coefficient (Wildman–Crippen LogP) is 0.213. The fourth-order valence-corrected chi connectivity index (χ4v) is 2.71. The van der Waals surface area contributed by atoms with E-state index in [0.29, 0.717) is 19.2 Å². The summed E-state index contributed by atoms with van der Waals surface area (Å²) < 4.78 is 7.55. The fraction of sp³-hybridized carbons (Fsp3) is 0.267. The van der Waals surface area contributed by atoms with Crippen LogP contribution in [0.3, 0.4) is 0 Å².